The minimum atomic E-state index is -0.611. The molecule has 0 bridgehead atoms. The minimum absolute atomic E-state index is 0.0259. The number of nitrogens with two attached hydrogens (primary N) is 1. The van der Waals surface area contributed by atoms with Gasteiger partial charge in [0.1, 0.15) is 0 Å². The molecule has 2 aliphatic heterocycles. The Balaban J connectivity index is 1.69. The van der Waals surface area contributed by atoms with Gasteiger partial charge < -0.3 is 15.4 Å². The van der Waals surface area contributed by atoms with E-state index in [4.69, 9.17) is 10.5 Å². The highest BCUT2D eigenvalue weighted by atomic mass is 16.5. The van der Waals surface area contributed by atoms with E-state index in [-0.39, 0.29) is 24.0 Å². The van der Waals surface area contributed by atoms with Gasteiger partial charge >= 0.3 is 0 Å². The van der Waals surface area contributed by atoms with Crippen LogP contribution in [-0.4, -0.2) is 34.0 Å². The van der Waals surface area contributed by atoms with Crippen LogP contribution in [0.1, 0.15) is 29.7 Å². The molecule has 0 radical (unpaired) electrons. The molecule has 1 amide bonds. The summed E-state index contributed by atoms with van der Waals surface area (Å²) in [5.41, 5.74) is 6.86. The van der Waals surface area contributed by atoms with Gasteiger partial charge in [-0.15, -0.1) is 0 Å². The molecule has 3 N–H and O–H groups in total. The highest BCUT2D eigenvalue weighted by molar-refractivity contribution is 5.88. The number of hydrogen-bond acceptors (Lipinski definition) is 5. The highest BCUT2D eigenvalue weighted by Crippen LogP contribution is 2.38. The number of nitrogen functional groups attached to an aromatic ring is 1. The molecule has 4 rings (SSSR count). The molecule has 0 saturated carbocycles. The molecule has 130 valence electrons. The first-order valence-electron chi connectivity index (χ1n) is 8.40. The molecule has 0 aliphatic carbocycles. The minimum Gasteiger partial charge on any atom is -0.381 e. The van der Waals surface area contributed by atoms with E-state index in [9.17, 15) is 9.59 Å². The van der Waals surface area contributed by atoms with Crippen LogP contribution in [0.15, 0.2) is 35.1 Å². The van der Waals surface area contributed by atoms with Crippen LogP contribution in [0.5, 0.6) is 0 Å². The molecule has 25 heavy (non-hydrogen) atoms. The second kappa shape index (κ2) is 6.00. The molecule has 0 atom stereocenters. The van der Waals surface area contributed by atoms with Gasteiger partial charge in [-0.25, -0.2) is 4.98 Å². The lowest BCUT2D eigenvalue weighted by Gasteiger charge is -2.39. The molecule has 7 heteroatoms. The van der Waals surface area contributed by atoms with Crippen molar-refractivity contribution in [1.29, 1.82) is 0 Å². The van der Waals surface area contributed by atoms with Gasteiger partial charge in [0.05, 0.1) is 29.8 Å². The molecule has 3 heterocycles. The number of aromatic amines is 1. The fraction of sp³-hybridized carbons (Fsp3) is 0.389. The van der Waals surface area contributed by atoms with Crippen molar-refractivity contribution in [3.05, 3.63) is 57.5 Å². The summed E-state index contributed by atoms with van der Waals surface area (Å²) in [6.45, 7) is 1.68. The van der Waals surface area contributed by atoms with Crippen LogP contribution in [0.3, 0.4) is 0 Å². The summed E-state index contributed by atoms with van der Waals surface area (Å²) in [6.07, 6.45) is 1.27. The Morgan fingerprint density at radius 3 is 2.64 bits per heavy atom. The van der Waals surface area contributed by atoms with Gasteiger partial charge in [0.25, 0.3) is 5.56 Å². The third kappa shape index (κ3) is 2.60. The number of nitrogens with zero attached hydrogens (tertiary/aromatic N) is 2. The molecule has 0 unspecified atom stereocenters. The van der Waals surface area contributed by atoms with E-state index >= 15 is 0 Å². The van der Waals surface area contributed by atoms with Gasteiger partial charge in [-0.2, -0.15) is 0 Å². The van der Waals surface area contributed by atoms with Crippen LogP contribution in [-0.2, 0) is 28.0 Å². The van der Waals surface area contributed by atoms with Crippen LogP contribution in [0, 0.1) is 0 Å². The standard InChI is InChI=1S/C18H20N4O3/c19-17-20-14-11-22(10-13(14)15(23)21-17)16(24)18(6-8-25-9-7-18)12-4-2-1-3-5-12/h1-5H,6-11H2,(H3,19,20,21,23). The number of rotatable bonds is 2. The van der Waals surface area contributed by atoms with Crippen LogP contribution >= 0.6 is 0 Å². The first kappa shape index (κ1) is 15.8. The van der Waals surface area contributed by atoms with E-state index in [1.54, 1.807) is 4.90 Å². The average molecular weight is 340 g/mol. The quantitative estimate of drug-likeness (QED) is 0.847. The molecule has 2 aliphatic rings. The molecule has 0 spiro atoms. The number of aromatic nitrogens is 2. The van der Waals surface area contributed by atoms with Crippen molar-refractivity contribution in [2.45, 2.75) is 31.3 Å². The maximum Gasteiger partial charge on any atom is 0.257 e. The topological polar surface area (TPSA) is 101 Å². The number of H-pyrrole nitrogens is 1. The van der Waals surface area contributed by atoms with Crippen LogP contribution < -0.4 is 11.3 Å². The molecule has 2 aromatic rings. The molecular formula is C18H20N4O3. The Morgan fingerprint density at radius 2 is 1.92 bits per heavy atom. The Labute approximate surface area is 144 Å². The van der Waals surface area contributed by atoms with Crippen molar-refractivity contribution in [1.82, 2.24) is 14.9 Å². The SMILES string of the molecule is Nc1nc2c(c(=O)[nH]1)CN(C(=O)C1(c3ccccc3)CCOCC1)C2. The molecule has 1 fully saturated rings. The first-order chi connectivity index (χ1) is 12.1. The van der Waals surface area contributed by atoms with Gasteiger partial charge in [0.15, 0.2) is 0 Å². The van der Waals surface area contributed by atoms with E-state index in [1.807, 2.05) is 30.3 Å². The van der Waals surface area contributed by atoms with Crippen molar-refractivity contribution >= 4 is 11.9 Å². The van der Waals surface area contributed by atoms with Gasteiger partial charge in [-0.1, -0.05) is 30.3 Å². The van der Waals surface area contributed by atoms with E-state index < -0.39 is 5.41 Å². The first-order valence-corrected chi connectivity index (χ1v) is 8.40. The van der Waals surface area contributed by atoms with Crippen molar-refractivity contribution in [2.24, 2.45) is 0 Å². The summed E-state index contributed by atoms with van der Waals surface area (Å²) >= 11 is 0. The second-order valence-corrected chi connectivity index (χ2v) is 6.60. The van der Waals surface area contributed by atoms with Gasteiger partial charge in [-0.3, -0.25) is 14.6 Å². The third-order valence-corrected chi connectivity index (χ3v) is 5.18. The van der Waals surface area contributed by atoms with E-state index in [1.165, 1.54) is 0 Å². The number of anilines is 1. The summed E-state index contributed by atoms with van der Waals surface area (Å²) in [4.78, 5) is 34.0. The number of carbonyl (C=O) groups excluding carboxylic acids is 1. The largest absolute Gasteiger partial charge is 0.381 e. The van der Waals surface area contributed by atoms with Crippen molar-refractivity contribution < 1.29 is 9.53 Å². The zero-order valence-corrected chi connectivity index (χ0v) is 13.8. The lowest BCUT2D eigenvalue weighted by Crippen LogP contribution is -2.48. The summed E-state index contributed by atoms with van der Waals surface area (Å²) in [7, 11) is 0. The Bertz CT molecular complexity index is 856. The molecule has 1 saturated heterocycles. The van der Waals surface area contributed by atoms with Crippen LogP contribution in [0.2, 0.25) is 0 Å². The van der Waals surface area contributed by atoms with Gasteiger partial charge in [0.2, 0.25) is 11.9 Å². The Hall–Kier alpha value is -2.67. The van der Waals surface area contributed by atoms with Gasteiger partial charge in [-0.05, 0) is 18.4 Å². The summed E-state index contributed by atoms with van der Waals surface area (Å²) in [5.74, 6) is 0.111. The summed E-state index contributed by atoms with van der Waals surface area (Å²) in [6, 6.07) is 9.83. The van der Waals surface area contributed by atoms with Crippen molar-refractivity contribution in [2.75, 3.05) is 18.9 Å². The van der Waals surface area contributed by atoms with Crippen LogP contribution in [0.25, 0.3) is 0 Å². The van der Waals surface area contributed by atoms with Crippen molar-refractivity contribution in [3.8, 4) is 0 Å². The maximum absolute atomic E-state index is 13.5. The fourth-order valence-electron chi connectivity index (χ4n) is 3.83. The smallest absolute Gasteiger partial charge is 0.257 e. The number of fused-ring (bicyclic) bond motifs is 1. The highest BCUT2D eigenvalue weighted by Gasteiger charge is 2.45. The number of hydrogen-bond donors (Lipinski definition) is 2. The van der Waals surface area contributed by atoms with E-state index in [2.05, 4.69) is 9.97 Å². The number of nitrogens with one attached hydrogen (secondary N) is 1. The van der Waals surface area contributed by atoms with Crippen LogP contribution in [0.4, 0.5) is 5.95 Å². The number of ether oxygens (including phenoxy) is 1. The van der Waals surface area contributed by atoms with Crippen molar-refractivity contribution in [3.63, 3.8) is 0 Å². The van der Waals surface area contributed by atoms with E-state index in [0.717, 1.165) is 5.56 Å². The Morgan fingerprint density at radius 1 is 1.20 bits per heavy atom. The third-order valence-electron chi connectivity index (χ3n) is 5.18. The molecule has 1 aromatic carbocycles. The number of benzene rings is 1. The number of carbonyl (C=O) groups is 1. The average Bonchev–Trinajstić information content (AvgIpc) is 3.06. The summed E-state index contributed by atoms with van der Waals surface area (Å²) in [5, 5.41) is 0. The van der Waals surface area contributed by atoms with Gasteiger partial charge in [0, 0.05) is 13.2 Å². The molecular weight excluding hydrogens is 320 g/mol. The number of amides is 1. The molecule has 7 nitrogen and oxygen atoms in total. The Kier molecular flexibility index (Phi) is 3.80. The zero-order valence-electron chi connectivity index (χ0n) is 13.8. The normalized spacial score (nSPS) is 18.8. The monoisotopic (exact) mass is 340 g/mol. The predicted molar refractivity (Wildman–Crippen MR) is 91.7 cm³/mol. The van der Waals surface area contributed by atoms with E-state index in [0.29, 0.717) is 43.9 Å². The zero-order chi connectivity index (χ0) is 17.4. The lowest BCUT2D eigenvalue weighted by atomic mass is 9.73. The fourth-order valence-corrected chi connectivity index (χ4v) is 3.83. The molecule has 1 aromatic heterocycles. The maximum atomic E-state index is 13.5. The predicted octanol–water partition coefficient (Wildman–Crippen LogP) is 0.943. The second-order valence-electron chi connectivity index (χ2n) is 6.60. The summed E-state index contributed by atoms with van der Waals surface area (Å²) < 4.78 is 5.50. The lowest BCUT2D eigenvalue weighted by molar-refractivity contribution is -0.142.